The molecule has 4 nitrogen and oxygen atoms in total. The van der Waals surface area contributed by atoms with E-state index in [4.69, 9.17) is 11.6 Å². The molecule has 6 heteroatoms. The van der Waals surface area contributed by atoms with Gasteiger partial charge in [-0.05, 0) is 24.8 Å². The molecule has 0 spiro atoms. The maximum Gasteiger partial charge on any atom is 0.131 e. The molecule has 0 unspecified atom stereocenters. The van der Waals surface area contributed by atoms with Gasteiger partial charge in [0.2, 0.25) is 0 Å². The Labute approximate surface area is 135 Å². The van der Waals surface area contributed by atoms with Crippen LogP contribution in [0, 0.1) is 6.92 Å². The summed E-state index contributed by atoms with van der Waals surface area (Å²) in [7, 11) is 1.85. The number of hydrogen-bond acceptors (Lipinski definition) is 4. The number of nitrogens with zero attached hydrogens (tertiary/aromatic N) is 3. The molecule has 0 aliphatic carbocycles. The van der Waals surface area contributed by atoms with Gasteiger partial charge in [0, 0.05) is 36.6 Å². The molecule has 2 heterocycles. The molecule has 0 aliphatic rings. The first-order valence-electron chi connectivity index (χ1n) is 7.12. The van der Waals surface area contributed by atoms with Crippen LogP contribution in [0.25, 0.3) is 0 Å². The van der Waals surface area contributed by atoms with Gasteiger partial charge < -0.3 is 5.11 Å². The van der Waals surface area contributed by atoms with Crippen molar-refractivity contribution < 1.29 is 5.11 Å². The molecule has 0 aliphatic heterocycles. The minimum absolute atomic E-state index is 0.128. The second-order valence-electron chi connectivity index (χ2n) is 5.21. The standard InChI is InChI=1S/C15H22ClN3OS/c1-4-12(10-20)19(8-13-6-5-7-21-13)9-14-11(2)17-18(3)15(14)16/h5-7,12,20H,4,8-10H2,1-3H3/t12-/m0/s1. The molecule has 2 rings (SSSR count). The molecule has 116 valence electrons. The molecule has 0 radical (unpaired) electrons. The van der Waals surface area contributed by atoms with Crippen LogP contribution < -0.4 is 0 Å². The van der Waals surface area contributed by atoms with Crippen LogP contribution >= 0.6 is 22.9 Å². The van der Waals surface area contributed by atoms with Crippen molar-refractivity contribution in [2.24, 2.45) is 7.05 Å². The number of halogens is 1. The summed E-state index contributed by atoms with van der Waals surface area (Å²) in [6.07, 6.45) is 0.902. The van der Waals surface area contributed by atoms with E-state index in [2.05, 4.69) is 34.4 Å². The van der Waals surface area contributed by atoms with Crippen molar-refractivity contribution in [2.45, 2.75) is 39.4 Å². The number of aryl methyl sites for hydroxylation is 2. The SMILES string of the molecule is CC[C@@H](CO)N(Cc1cccs1)Cc1c(C)nn(C)c1Cl. The maximum atomic E-state index is 9.65. The molecule has 0 saturated heterocycles. The van der Waals surface area contributed by atoms with E-state index in [0.29, 0.717) is 11.7 Å². The first kappa shape index (κ1) is 16.5. The predicted octanol–water partition coefficient (Wildman–Crippen LogP) is 3.22. The van der Waals surface area contributed by atoms with Crippen LogP contribution in [0.4, 0.5) is 0 Å². The van der Waals surface area contributed by atoms with Gasteiger partial charge in [-0.25, -0.2) is 0 Å². The number of rotatable bonds is 7. The smallest absolute Gasteiger partial charge is 0.131 e. The molecular weight excluding hydrogens is 306 g/mol. The van der Waals surface area contributed by atoms with Crippen LogP contribution in [0.3, 0.4) is 0 Å². The molecule has 2 aromatic heterocycles. The van der Waals surface area contributed by atoms with E-state index < -0.39 is 0 Å². The molecular formula is C15H22ClN3OS. The van der Waals surface area contributed by atoms with Crippen LogP contribution in [0.5, 0.6) is 0 Å². The van der Waals surface area contributed by atoms with Gasteiger partial charge >= 0.3 is 0 Å². The summed E-state index contributed by atoms with van der Waals surface area (Å²) >= 11 is 8.08. The first-order valence-corrected chi connectivity index (χ1v) is 8.37. The molecule has 0 aromatic carbocycles. The van der Waals surface area contributed by atoms with E-state index in [0.717, 1.165) is 24.2 Å². The molecule has 0 fully saturated rings. The molecule has 1 atom stereocenters. The summed E-state index contributed by atoms with van der Waals surface area (Å²) in [4.78, 5) is 3.57. The largest absolute Gasteiger partial charge is 0.395 e. The minimum Gasteiger partial charge on any atom is -0.395 e. The molecule has 0 bridgehead atoms. The van der Waals surface area contributed by atoms with Gasteiger partial charge in [-0.15, -0.1) is 11.3 Å². The Balaban J connectivity index is 2.22. The lowest BCUT2D eigenvalue weighted by Gasteiger charge is -2.29. The van der Waals surface area contributed by atoms with Crippen molar-refractivity contribution in [3.63, 3.8) is 0 Å². The Kier molecular flexibility index (Phi) is 5.81. The summed E-state index contributed by atoms with van der Waals surface area (Å²) < 4.78 is 1.70. The Bertz CT molecular complexity index is 564. The molecule has 2 aromatic rings. The highest BCUT2D eigenvalue weighted by atomic mass is 35.5. The van der Waals surface area contributed by atoms with E-state index in [1.807, 2.05) is 14.0 Å². The normalized spacial score (nSPS) is 13.0. The summed E-state index contributed by atoms with van der Waals surface area (Å²) in [5.74, 6) is 0. The lowest BCUT2D eigenvalue weighted by Crippen LogP contribution is -2.36. The van der Waals surface area contributed by atoms with Crippen molar-refractivity contribution >= 4 is 22.9 Å². The average molecular weight is 328 g/mol. The zero-order valence-corrected chi connectivity index (χ0v) is 14.3. The van der Waals surface area contributed by atoms with Crippen LogP contribution in [-0.2, 0) is 20.1 Å². The van der Waals surface area contributed by atoms with Gasteiger partial charge in [-0.2, -0.15) is 5.10 Å². The van der Waals surface area contributed by atoms with Crippen LogP contribution in [0.1, 0.15) is 29.5 Å². The van der Waals surface area contributed by atoms with Crippen LogP contribution in [-0.4, -0.2) is 32.4 Å². The number of aliphatic hydroxyl groups excluding tert-OH is 1. The highest BCUT2D eigenvalue weighted by molar-refractivity contribution is 7.09. The molecule has 0 amide bonds. The highest BCUT2D eigenvalue weighted by Crippen LogP contribution is 2.24. The fraction of sp³-hybridized carbons (Fsp3) is 0.533. The Morgan fingerprint density at radius 2 is 2.24 bits per heavy atom. The third-order valence-electron chi connectivity index (χ3n) is 3.77. The van der Waals surface area contributed by atoms with Gasteiger partial charge in [0.05, 0.1) is 12.3 Å². The molecule has 1 N–H and O–H groups in total. The van der Waals surface area contributed by atoms with Crippen molar-refractivity contribution in [1.82, 2.24) is 14.7 Å². The van der Waals surface area contributed by atoms with E-state index in [9.17, 15) is 5.11 Å². The molecule has 0 saturated carbocycles. The fourth-order valence-electron chi connectivity index (χ4n) is 2.48. The van der Waals surface area contributed by atoms with Crippen LogP contribution in [0.2, 0.25) is 5.15 Å². The van der Waals surface area contributed by atoms with Gasteiger partial charge in [0.1, 0.15) is 5.15 Å². The highest BCUT2D eigenvalue weighted by Gasteiger charge is 2.21. The van der Waals surface area contributed by atoms with E-state index in [-0.39, 0.29) is 12.6 Å². The predicted molar refractivity (Wildman–Crippen MR) is 87.7 cm³/mol. The Morgan fingerprint density at radius 3 is 2.71 bits per heavy atom. The summed E-state index contributed by atoms with van der Waals surface area (Å²) in [5, 5.41) is 16.8. The Morgan fingerprint density at radius 1 is 1.48 bits per heavy atom. The van der Waals surface area contributed by atoms with Gasteiger partial charge in [0.25, 0.3) is 0 Å². The average Bonchev–Trinajstić information content (AvgIpc) is 3.04. The lowest BCUT2D eigenvalue weighted by molar-refractivity contribution is 0.107. The van der Waals surface area contributed by atoms with E-state index in [1.165, 1.54) is 4.88 Å². The van der Waals surface area contributed by atoms with Crippen molar-refractivity contribution in [1.29, 1.82) is 0 Å². The molecule has 21 heavy (non-hydrogen) atoms. The zero-order chi connectivity index (χ0) is 15.4. The minimum atomic E-state index is 0.128. The van der Waals surface area contributed by atoms with Crippen molar-refractivity contribution in [2.75, 3.05) is 6.61 Å². The Hall–Kier alpha value is -0.880. The maximum absolute atomic E-state index is 9.65. The summed E-state index contributed by atoms with van der Waals surface area (Å²) in [6, 6.07) is 4.31. The zero-order valence-electron chi connectivity index (χ0n) is 12.7. The third kappa shape index (κ3) is 3.86. The fourth-order valence-corrected chi connectivity index (χ4v) is 3.44. The summed E-state index contributed by atoms with van der Waals surface area (Å²) in [6.45, 7) is 5.75. The quantitative estimate of drug-likeness (QED) is 0.849. The number of thiophene rings is 1. The van der Waals surface area contributed by atoms with Gasteiger partial charge in [0.15, 0.2) is 0 Å². The van der Waals surface area contributed by atoms with E-state index in [1.54, 1.807) is 16.0 Å². The topological polar surface area (TPSA) is 41.3 Å². The second kappa shape index (κ2) is 7.40. The third-order valence-corrected chi connectivity index (χ3v) is 5.10. The van der Waals surface area contributed by atoms with Gasteiger partial charge in [-0.3, -0.25) is 9.58 Å². The number of hydrogen-bond donors (Lipinski definition) is 1. The monoisotopic (exact) mass is 327 g/mol. The van der Waals surface area contributed by atoms with Gasteiger partial charge in [-0.1, -0.05) is 24.6 Å². The van der Waals surface area contributed by atoms with E-state index >= 15 is 0 Å². The number of aromatic nitrogens is 2. The lowest BCUT2D eigenvalue weighted by atomic mass is 10.1. The second-order valence-corrected chi connectivity index (χ2v) is 6.60. The first-order chi connectivity index (χ1) is 10.1. The van der Waals surface area contributed by atoms with Crippen LogP contribution in [0.15, 0.2) is 17.5 Å². The summed E-state index contributed by atoms with van der Waals surface area (Å²) in [5.41, 5.74) is 1.99. The number of aliphatic hydroxyl groups is 1. The van der Waals surface area contributed by atoms with Crippen molar-refractivity contribution in [3.05, 3.63) is 38.8 Å². The van der Waals surface area contributed by atoms with Crippen molar-refractivity contribution in [3.8, 4) is 0 Å².